The minimum absolute atomic E-state index is 0.0338. The molecule has 0 unspecified atom stereocenters. The molecule has 0 N–H and O–H groups in total. The molecule has 17 heavy (non-hydrogen) atoms. The Morgan fingerprint density at radius 1 is 1.59 bits per heavy atom. The Labute approximate surface area is 99.5 Å². The predicted molar refractivity (Wildman–Crippen MR) is 60.4 cm³/mol. The number of hydrogen-bond donors (Lipinski definition) is 0. The van der Waals surface area contributed by atoms with Crippen molar-refractivity contribution in [3.63, 3.8) is 0 Å². The SMILES string of the molecule is Cc1cc(C(=O)N(C)[C@@H]2CCS(=O)(=O)C2)no1. The first kappa shape index (κ1) is 12.1. The number of aryl methyl sites for hydroxylation is 1. The summed E-state index contributed by atoms with van der Waals surface area (Å²) < 4.78 is 27.5. The molecule has 1 aromatic heterocycles. The zero-order valence-electron chi connectivity index (χ0n) is 9.71. The van der Waals surface area contributed by atoms with E-state index in [0.29, 0.717) is 12.2 Å². The quantitative estimate of drug-likeness (QED) is 0.759. The van der Waals surface area contributed by atoms with E-state index >= 15 is 0 Å². The Hall–Kier alpha value is -1.37. The molecule has 2 heterocycles. The zero-order valence-corrected chi connectivity index (χ0v) is 10.5. The van der Waals surface area contributed by atoms with Gasteiger partial charge in [0.25, 0.3) is 5.91 Å². The number of hydrogen-bond acceptors (Lipinski definition) is 5. The van der Waals surface area contributed by atoms with Gasteiger partial charge in [-0.3, -0.25) is 4.79 Å². The highest BCUT2D eigenvalue weighted by molar-refractivity contribution is 7.91. The molecule has 0 saturated carbocycles. The minimum atomic E-state index is -2.99. The number of rotatable bonds is 2. The lowest BCUT2D eigenvalue weighted by Crippen LogP contribution is -2.37. The van der Waals surface area contributed by atoms with E-state index in [1.165, 1.54) is 4.90 Å². The van der Waals surface area contributed by atoms with E-state index in [1.54, 1.807) is 20.0 Å². The van der Waals surface area contributed by atoms with E-state index in [-0.39, 0.29) is 29.1 Å². The lowest BCUT2D eigenvalue weighted by molar-refractivity contribution is 0.0737. The van der Waals surface area contributed by atoms with Crippen LogP contribution in [0.3, 0.4) is 0 Å². The molecule has 7 heteroatoms. The van der Waals surface area contributed by atoms with Gasteiger partial charge in [0.05, 0.1) is 11.5 Å². The lowest BCUT2D eigenvalue weighted by Gasteiger charge is -2.21. The first-order valence-electron chi connectivity index (χ1n) is 5.30. The van der Waals surface area contributed by atoms with Gasteiger partial charge < -0.3 is 9.42 Å². The normalized spacial score (nSPS) is 22.6. The van der Waals surface area contributed by atoms with Crippen LogP contribution in [0.1, 0.15) is 22.7 Å². The highest BCUT2D eigenvalue weighted by atomic mass is 32.2. The highest BCUT2D eigenvalue weighted by Gasteiger charge is 2.33. The molecule has 0 radical (unpaired) electrons. The summed E-state index contributed by atoms with van der Waals surface area (Å²) in [6.07, 6.45) is 0.488. The van der Waals surface area contributed by atoms with E-state index in [1.807, 2.05) is 0 Å². The van der Waals surface area contributed by atoms with Crippen molar-refractivity contribution in [2.75, 3.05) is 18.6 Å². The van der Waals surface area contributed by atoms with Crippen LogP contribution in [0.4, 0.5) is 0 Å². The fraction of sp³-hybridized carbons (Fsp3) is 0.600. The van der Waals surface area contributed by atoms with Gasteiger partial charge in [-0.25, -0.2) is 8.42 Å². The van der Waals surface area contributed by atoms with Crippen LogP contribution in [-0.4, -0.2) is 49.0 Å². The van der Waals surface area contributed by atoms with Crippen LogP contribution in [-0.2, 0) is 9.84 Å². The summed E-state index contributed by atoms with van der Waals surface area (Å²) in [6, 6.07) is 1.28. The van der Waals surface area contributed by atoms with E-state index in [2.05, 4.69) is 5.16 Å². The van der Waals surface area contributed by atoms with Gasteiger partial charge in [0.1, 0.15) is 5.76 Å². The second kappa shape index (κ2) is 4.14. The molecular weight excluding hydrogens is 244 g/mol. The molecule has 1 aliphatic heterocycles. The van der Waals surface area contributed by atoms with Crippen LogP contribution in [0.5, 0.6) is 0 Å². The largest absolute Gasteiger partial charge is 0.361 e. The number of aromatic nitrogens is 1. The van der Waals surface area contributed by atoms with E-state index in [4.69, 9.17) is 4.52 Å². The molecule has 6 nitrogen and oxygen atoms in total. The second-order valence-corrected chi connectivity index (χ2v) is 6.52. The van der Waals surface area contributed by atoms with Gasteiger partial charge in [-0.2, -0.15) is 0 Å². The van der Waals surface area contributed by atoms with Gasteiger partial charge >= 0.3 is 0 Å². The fourth-order valence-electron chi connectivity index (χ4n) is 1.89. The molecule has 1 aliphatic rings. The molecule has 0 aromatic carbocycles. The van der Waals surface area contributed by atoms with Gasteiger partial charge in [0.15, 0.2) is 15.5 Å². The van der Waals surface area contributed by atoms with Crippen LogP contribution in [0.25, 0.3) is 0 Å². The lowest BCUT2D eigenvalue weighted by atomic mass is 10.2. The average Bonchev–Trinajstić information content (AvgIpc) is 2.82. The molecule has 1 atom stereocenters. The Morgan fingerprint density at radius 3 is 2.76 bits per heavy atom. The van der Waals surface area contributed by atoms with Crippen LogP contribution < -0.4 is 0 Å². The third-order valence-corrected chi connectivity index (χ3v) is 4.67. The molecule has 94 valence electrons. The molecule has 0 spiro atoms. The van der Waals surface area contributed by atoms with E-state index < -0.39 is 9.84 Å². The van der Waals surface area contributed by atoms with E-state index in [0.717, 1.165) is 0 Å². The third-order valence-electron chi connectivity index (χ3n) is 2.92. The molecular formula is C10H14N2O4S. The monoisotopic (exact) mass is 258 g/mol. The van der Waals surface area contributed by atoms with Crippen molar-refractivity contribution in [1.29, 1.82) is 0 Å². The Bertz CT molecular complexity index is 534. The maximum absolute atomic E-state index is 12.0. The second-order valence-electron chi connectivity index (χ2n) is 4.30. The summed E-state index contributed by atoms with van der Waals surface area (Å²) in [6.45, 7) is 1.70. The van der Waals surface area contributed by atoms with Gasteiger partial charge in [-0.05, 0) is 13.3 Å². The number of carbonyl (C=O) groups excluding carboxylic acids is 1. The number of nitrogens with zero attached hydrogens (tertiary/aromatic N) is 2. The van der Waals surface area contributed by atoms with Gasteiger partial charge in [0, 0.05) is 19.2 Å². The number of sulfone groups is 1. The van der Waals surface area contributed by atoms with E-state index in [9.17, 15) is 13.2 Å². The van der Waals surface area contributed by atoms with Crippen molar-refractivity contribution in [2.24, 2.45) is 0 Å². The van der Waals surface area contributed by atoms with Crippen LogP contribution >= 0.6 is 0 Å². The third kappa shape index (κ3) is 2.49. The fourth-order valence-corrected chi connectivity index (χ4v) is 3.67. The van der Waals surface area contributed by atoms with Crippen molar-refractivity contribution >= 4 is 15.7 Å². The maximum atomic E-state index is 12.0. The number of carbonyl (C=O) groups is 1. The van der Waals surface area contributed by atoms with Crippen molar-refractivity contribution in [1.82, 2.24) is 10.1 Å². The van der Waals surface area contributed by atoms with Crippen molar-refractivity contribution < 1.29 is 17.7 Å². The summed E-state index contributed by atoms with van der Waals surface area (Å²) in [5, 5.41) is 3.63. The van der Waals surface area contributed by atoms with Crippen molar-refractivity contribution in [3.8, 4) is 0 Å². The van der Waals surface area contributed by atoms with Crippen LogP contribution in [0.2, 0.25) is 0 Å². The van der Waals surface area contributed by atoms with Crippen molar-refractivity contribution in [3.05, 3.63) is 17.5 Å². The molecule has 2 rings (SSSR count). The first-order valence-corrected chi connectivity index (χ1v) is 7.12. The Kier molecular flexibility index (Phi) is 2.94. The first-order chi connectivity index (χ1) is 7.89. The predicted octanol–water partition coefficient (Wildman–Crippen LogP) is 0.242. The smallest absolute Gasteiger partial charge is 0.276 e. The topological polar surface area (TPSA) is 80.5 Å². The van der Waals surface area contributed by atoms with Gasteiger partial charge in [-0.1, -0.05) is 5.16 Å². The average molecular weight is 258 g/mol. The Balaban J connectivity index is 2.11. The Morgan fingerprint density at radius 2 is 2.29 bits per heavy atom. The number of amides is 1. The minimum Gasteiger partial charge on any atom is -0.361 e. The molecule has 0 aliphatic carbocycles. The zero-order chi connectivity index (χ0) is 12.6. The summed E-state index contributed by atoms with van der Waals surface area (Å²) in [7, 11) is -1.39. The molecule has 1 fully saturated rings. The van der Waals surface area contributed by atoms with Crippen molar-refractivity contribution in [2.45, 2.75) is 19.4 Å². The summed E-state index contributed by atoms with van der Waals surface area (Å²) in [4.78, 5) is 13.4. The molecule has 1 saturated heterocycles. The molecule has 1 amide bonds. The van der Waals surface area contributed by atoms with Crippen LogP contribution in [0, 0.1) is 6.92 Å². The standard InChI is InChI=1S/C10H14N2O4S/c1-7-5-9(11-16-7)10(13)12(2)8-3-4-17(14,15)6-8/h5,8H,3-4,6H2,1-2H3/t8-/m1/s1. The highest BCUT2D eigenvalue weighted by Crippen LogP contribution is 2.18. The summed E-state index contributed by atoms with van der Waals surface area (Å²) in [5.74, 6) is 0.434. The van der Waals surface area contributed by atoms with Gasteiger partial charge in [0.2, 0.25) is 0 Å². The maximum Gasteiger partial charge on any atom is 0.276 e. The molecule has 0 bridgehead atoms. The summed E-state index contributed by atoms with van der Waals surface area (Å²) >= 11 is 0. The summed E-state index contributed by atoms with van der Waals surface area (Å²) in [5.41, 5.74) is 0.217. The molecule has 1 aromatic rings. The van der Waals surface area contributed by atoms with Gasteiger partial charge in [-0.15, -0.1) is 0 Å². The van der Waals surface area contributed by atoms with Crippen LogP contribution in [0.15, 0.2) is 10.6 Å².